The van der Waals surface area contributed by atoms with Gasteiger partial charge in [-0.2, -0.15) is 4.98 Å². The van der Waals surface area contributed by atoms with Gasteiger partial charge in [-0.1, -0.05) is 12.1 Å². The van der Waals surface area contributed by atoms with Crippen molar-refractivity contribution in [1.29, 1.82) is 0 Å². The van der Waals surface area contributed by atoms with Crippen LogP contribution in [0.3, 0.4) is 0 Å². The van der Waals surface area contributed by atoms with E-state index in [0.717, 1.165) is 37.1 Å². The van der Waals surface area contributed by atoms with Gasteiger partial charge < -0.3 is 24.8 Å². The van der Waals surface area contributed by atoms with Crippen molar-refractivity contribution in [2.75, 3.05) is 44.3 Å². The Morgan fingerprint density at radius 2 is 2.00 bits per heavy atom. The lowest BCUT2D eigenvalue weighted by Gasteiger charge is -2.28. The highest BCUT2D eigenvalue weighted by Gasteiger charge is 2.29. The Morgan fingerprint density at radius 3 is 2.78 bits per heavy atom. The van der Waals surface area contributed by atoms with Crippen LogP contribution in [0, 0.1) is 0 Å². The highest BCUT2D eigenvalue weighted by atomic mass is 16.6. The van der Waals surface area contributed by atoms with Crippen molar-refractivity contribution in [3.63, 3.8) is 0 Å². The van der Waals surface area contributed by atoms with Crippen LogP contribution >= 0.6 is 0 Å². The van der Waals surface area contributed by atoms with Crippen molar-refractivity contribution in [2.24, 2.45) is 0 Å². The highest BCUT2D eigenvalue weighted by molar-refractivity contribution is 5.84. The molecule has 0 amide bonds. The van der Waals surface area contributed by atoms with E-state index in [9.17, 15) is 5.11 Å². The molecule has 2 aliphatic rings. The van der Waals surface area contributed by atoms with Crippen molar-refractivity contribution in [2.45, 2.75) is 12.2 Å². The van der Waals surface area contributed by atoms with Gasteiger partial charge in [0, 0.05) is 26.2 Å². The van der Waals surface area contributed by atoms with Crippen LogP contribution in [0.5, 0.6) is 5.88 Å². The fraction of sp³-hybridized carbons (Fsp3) is 0.500. The molecule has 0 aliphatic carbocycles. The molecule has 2 aromatic rings. The summed E-state index contributed by atoms with van der Waals surface area (Å²) in [7, 11) is 0. The number of hydrogen-bond acceptors (Lipinski definition) is 7. The van der Waals surface area contributed by atoms with Gasteiger partial charge in [-0.15, -0.1) is 0 Å². The van der Waals surface area contributed by atoms with Crippen LogP contribution < -0.4 is 15.0 Å². The van der Waals surface area contributed by atoms with Crippen LogP contribution in [0.4, 0.5) is 5.95 Å². The molecule has 7 nitrogen and oxygen atoms in total. The maximum absolute atomic E-state index is 9.93. The van der Waals surface area contributed by atoms with E-state index in [1.807, 2.05) is 24.3 Å². The van der Waals surface area contributed by atoms with Gasteiger partial charge in [0.15, 0.2) is 6.10 Å². The van der Waals surface area contributed by atoms with E-state index in [0.29, 0.717) is 25.0 Å². The van der Waals surface area contributed by atoms with Crippen molar-refractivity contribution in [3.05, 3.63) is 24.3 Å². The molecule has 2 fully saturated rings. The molecule has 3 heterocycles. The van der Waals surface area contributed by atoms with Gasteiger partial charge in [0.1, 0.15) is 6.10 Å². The van der Waals surface area contributed by atoms with Crippen LogP contribution in [-0.2, 0) is 4.74 Å². The predicted octanol–water partition coefficient (Wildman–Crippen LogP) is 0.178. The van der Waals surface area contributed by atoms with Gasteiger partial charge >= 0.3 is 0 Å². The number of nitrogens with one attached hydrogen (secondary N) is 1. The van der Waals surface area contributed by atoms with Gasteiger partial charge in [-0.3, -0.25) is 0 Å². The van der Waals surface area contributed by atoms with Gasteiger partial charge in [0.05, 0.1) is 24.1 Å². The molecule has 2 N–H and O–H groups in total. The number of benzene rings is 1. The third-order valence-electron chi connectivity index (χ3n) is 4.22. The molecule has 0 saturated carbocycles. The molecule has 0 unspecified atom stereocenters. The zero-order valence-corrected chi connectivity index (χ0v) is 12.8. The number of fused-ring (bicyclic) bond motifs is 1. The summed E-state index contributed by atoms with van der Waals surface area (Å²) >= 11 is 0. The molecule has 0 spiro atoms. The Balaban J connectivity index is 1.71. The zero-order chi connectivity index (χ0) is 15.6. The molecular weight excluding hydrogens is 296 g/mol. The third-order valence-corrected chi connectivity index (χ3v) is 4.22. The lowest BCUT2D eigenvalue weighted by molar-refractivity contribution is 0.0715. The van der Waals surface area contributed by atoms with Crippen molar-refractivity contribution < 1.29 is 14.6 Å². The summed E-state index contributed by atoms with van der Waals surface area (Å²) in [6.07, 6.45) is -1.00. The minimum absolute atomic E-state index is 0.304. The second-order valence-corrected chi connectivity index (χ2v) is 5.84. The standard InChI is InChI=1S/C16H20N4O3/c21-13-9-22-10-14(13)23-15-11-3-1-2-4-12(11)18-16(19-15)20-7-5-17-6-8-20/h1-4,13-14,17,21H,5-10H2/t13-,14-/m0/s1. The number of nitrogens with zero attached hydrogens (tertiary/aromatic N) is 3. The first-order chi connectivity index (χ1) is 11.3. The minimum Gasteiger partial charge on any atom is -0.468 e. The topological polar surface area (TPSA) is 79.7 Å². The molecule has 0 bridgehead atoms. The maximum atomic E-state index is 9.93. The third kappa shape index (κ3) is 2.95. The first-order valence-corrected chi connectivity index (χ1v) is 7.96. The van der Waals surface area contributed by atoms with E-state index in [2.05, 4.69) is 20.2 Å². The van der Waals surface area contributed by atoms with E-state index >= 15 is 0 Å². The van der Waals surface area contributed by atoms with Crippen molar-refractivity contribution in [1.82, 2.24) is 15.3 Å². The lowest BCUT2D eigenvalue weighted by Crippen LogP contribution is -2.44. The summed E-state index contributed by atoms with van der Waals surface area (Å²) < 4.78 is 11.2. The summed E-state index contributed by atoms with van der Waals surface area (Å²) in [5.41, 5.74) is 0.847. The Morgan fingerprint density at radius 1 is 1.17 bits per heavy atom. The highest BCUT2D eigenvalue weighted by Crippen LogP contribution is 2.27. The largest absolute Gasteiger partial charge is 0.468 e. The van der Waals surface area contributed by atoms with E-state index in [1.54, 1.807) is 0 Å². The summed E-state index contributed by atoms with van der Waals surface area (Å²) in [6, 6.07) is 7.78. The summed E-state index contributed by atoms with van der Waals surface area (Å²) in [6.45, 7) is 4.25. The predicted molar refractivity (Wildman–Crippen MR) is 85.9 cm³/mol. The number of para-hydroxylation sites is 1. The Labute approximate surface area is 134 Å². The number of aliphatic hydroxyl groups excluding tert-OH is 1. The molecule has 0 radical (unpaired) electrons. The number of ether oxygens (including phenoxy) is 2. The molecule has 2 saturated heterocycles. The Bertz CT molecular complexity index is 690. The van der Waals surface area contributed by atoms with Crippen LogP contribution in [0.2, 0.25) is 0 Å². The smallest absolute Gasteiger partial charge is 0.229 e. The first-order valence-electron chi connectivity index (χ1n) is 7.96. The number of hydrogen-bond donors (Lipinski definition) is 2. The van der Waals surface area contributed by atoms with Crippen molar-refractivity contribution in [3.8, 4) is 5.88 Å². The van der Waals surface area contributed by atoms with Crippen LogP contribution in [0.1, 0.15) is 0 Å². The minimum atomic E-state index is -0.619. The van der Waals surface area contributed by atoms with Gasteiger partial charge in [0.2, 0.25) is 11.8 Å². The van der Waals surface area contributed by atoms with Crippen molar-refractivity contribution >= 4 is 16.9 Å². The monoisotopic (exact) mass is 316 g/mol. The second kappa shape index (κ2) is 6.27. The van der Waals surface area contributed by atoms with Crippen LogP contribution in [-0.4, -0.2) is 66.7 Å². The molecule has 23 heavy (non-hydrogen) atoms. The lowest BCUT2D eigenvalue weighted by atomic mass is 10.2. The van der Waals surface area contributed by atoms with E-state index < -0.39 is 6.10 Å². The molecule has 122 valence electrons. The number of aliphatic hydroxyl groups is 1. The first kappa shape index (κ1) is 14.6. The SMILES string of the molecule is O[C@H]1COC[C@@H]1Oc1nc(N2CCNCC2)nc2ccccc12. The molecule has 1 aromatic heterocycles. The average molecular weight is 316 g/mol. The average Bonchev–Trinajstić information content (AvgIpc) is 3.00. The molecule has 1 aromatic carbocycles. The van der Waals surface area contributed by atoms with E-state index in [4.69, 9.17) is 9.47 Å². The molecule has 2 aliphatic heterocycles. The Kier molecular flexibility index (Phi) is 3.99. The number of rotatable bonds is 3. The van der Waals surface area contributed by atoms with Gasteiger partial charge in [0.25, 0.3) is 0 Å². The van der Waals surface area contributed by atoms with Crippen LogP contribution in [0.25, 0.3) is 10.9 Å². The molecule has 4 rings (SSSR count). The molecule has 2 atom stereocenters. The number of piperazine rings is 1. The van der Waals surface area contributed by atoms with Gasteiger partial charge in [-0.25, -0.2) is 4.98 Å². The van der Waals surface area contributed by atoms with E-state index in [-0.39, 0.29) is 6.10 Å². The molecule has 7 heteroatoms. The quantitative estimate of drug-likeness (QED) is 0.836. The normalized spacial score (nSPS) is 25.0. The zero-order valence-electron chi connectivity index (χ0n) is 12.8. The second-order valence-electron chi connectivity index (χ2n) is 5.84. The summed E-state index contributed by atoms with van der Waals surface area (Å²) in [4.78, 5) is 11.4. The number of aromatic nitrogens is 2. The maximum Gasteiger partial charge on any atom is 0.229 e. The Hall–Kier alpha value is -1.96. The molecular formula is C16H20N4O3. The summed E-state index contributed by atoms with van der Waals surface area (Å²) in [5, 5.41) is 14.1. The fourth-order valence-electron chi connectivity index (χ4n) is 2.91. The van der Waals surface area contributed by atoms with Gasteiger partial charge in [-0.05, 0) is 12.1 Å². The number of anilines is 1. The van der Waals surface area contributed by atoms with Crippen LogP contribution in [0.15, 0.2) is 24.3 Å². The van der Waals surface area contributed by atoms with E-state index in [1.165, 1.54) is 0 Å². The fourth-order valence-corrected chi connectivity index (χ4v) is 2.91. The summed E-state index contributed by atoms with van der Waals surface area (Å²) in [5.74, 6) is 1.19.